The summed E-state index contributed by atoms with van der Waals surface area (Å²) in [6, 6.07) is 15.5. The van der Waals surface area contributed by atoms with Crippen LogP contribution in [0.2, 0.25) is 5.02 Å². The Balaban J connectivity index is 1.88. The van der Waals surface area contributed by atoms with E-state index in [4.69, 9.17) is 16.9 Å². The Bertz CT molecular complexity index is 710. The molecule has 112 valence electrons. The quantitative estimate of drug-likeness (QED) is 0.890. The first-order valence-electron chi connectivity index (χ1n) is 6.82. The molecule has 0 saturated carbocycles. The van der Waals surface area contributed by atoms with E-state index in [0.29, 0.717) is 34.7 Å². The van der Waals surface area contributed by atoms with Crippen molar-refractivity contribution in [3.8, 4) is 6.07 Å². The highest BCUT2D eigenvalue weighted by Crippen LogP contribution is 2.19. The smallest absolute Gasteiger partial charge is 0.251 e. The van der Waals surface area contributed by atoms with Crippen LogP contribution in [0.5, 0.6) is 0 Å². The summed E-state index contributed by atoms with van der Waals surface area (Å²) in [5, 5.41) is 22.2. The van der Waals surface area contributed by atoms with E-state index >= 15 is 0 Å². The van der Waals surface area contributed by atoms with Crippen LogP contribution in [0.15, 0.2) is 48.5 Å². The lowest BCUT2D eigenvalue weighted by molar-refractivity contribution is 0.0942. The molecule has 2 aromatic rings. The van der Waals surface area contributed by atoms with Crippen LogP contribution in [0.1, 0.15) is 34.0 Å². The predicted octanol–water partition coefficient (Wildman–Crippen LogP) is 3.07. The fourth-order valence-corrected chi connectivity index (χ4v) is 2.23. The molecule has 2 N–H and O–H groups in total. The summed E-state index contributed by atoms with van der Waals surface area (Å²) < 4.78 is 0. The van der Waals surface area contributed by atoms with Crippen molar-refractivity contribution in [3.05, 3.63) is 70.2 Å². The fourth-order valence-electron chi connectivity index (χ4n) is 2.03. The number of hydrogen-bond donors (Lipinski definition) is 2. The molecule has 2 rings (SSSR count). The van der Waals surface area contributed by atoms with E-state index < -0.39 is 6.10 Å². The Hall–Kier alpha value is -2.35. The second kappa shape index (κ2) is 7.60. The van der Waals surface area contributed by atoms with Gasteiger partial charge in [-0.1, -0.05) is 29.8 Å². The Morgan fingerprint density at radius 3 is 2.77 bits per heavy atom. The molecule has 0 bridgehead atoms. The summed E-state index contributed by atoms with van der Waals surface area (Å²) in [6.07, 6.45) is -0.311. The molecule has 0 fully saturated rings. The Morgan fingerprint density at radius 2 is 2.05 bits per heavy atom. The van der Waals surface area contributed by atoms with Gasteiger partial charge < -0.3 is 10.4 Å². The number of nitriles is 1. The molecule has 1 unspecified atom stereocenters. The standard InChI is InChI=1S/C17H15ClN2O2/c18-15-6-2-4-13(10-15)16(21)7-8-20-17(22)14-5-1-3-12(9-14)11-19/h1-6,9-10,16,21H,7-8H2,(H,20,22). The molecule has 0 aliphatic carbocycles. The van der Waals surface area contributed by atoms with Crippen LogP contribution in [-0.2, 0) is 0 Å². The number of nitrogens with zero attached hydrogens (tertiary/aromatic N) is 1. The summed E-state index contributed by atoms with van der Waals surface area (Å²) in [5.41, 5.74) is 1.58. The van der Waals surface area contributed by atoms with Gasteiger partial charge in [-0.05, 0) is 42.3 Å². The first-order chi connectivity index (χ1) is 10.6. The minimum atomic E-state index is -0.690. The van der Waals surface area contributed by atoms with Gasteiger partial charge in [-0.15, -0.1) is 0 Å². The van der Waals surface area contributed by atoms with Crippen molar-refractivity contribution in [1.82, 2.24) is 5.32 Å². The summed E-state index contributed by atoms with van der Waals surface area (Å²) in [6.45, 7) is 0.323. The highest BCUT2D eigenvalue weighted by atomic mass is 35.5. The molecule has 1 amide bonds. The minimum Gasteiger partial charge on any atom is -0.388 e. The molecule has 1 atom stereocenters. The number of nitrogens with one attached hydrogen (secondary N) is 1. The van der Waals surface area contributed by atoms with E-state index in [2.05, 4.69) is 5.32 Å². The largest absolute Gasteiger partial charge is 0.388 e. The third kappa shape index (κ3) is 4.32. The Labute approximate surface area is 134 Å². The number of aliphatic hydroxyl groups is 1. The zero-order valence-electron chi connectivity index (χ0n) is 11.8. The molecule has 0 aliphatic heterocycles. The molecule has 0 aliphatic rings. The summed E-state index contributed by atoms with van der Waals surface area (Å²) in [4.78, 5) is 12.0. The van der Waals surface area contributed by atoms with E-state index in [1.54, 1.807) is 42.5 Å². The minimum absolute atomic E-state index is 0.268. The van der Waals surface area contributed by atoms with Gasteiger partial charge in [-0.2, -0.15) is 5.26 Å². The first kappa shape index (κ1) is 16.0. The SMILES string of the molecule is N#Cc1cccc(C(=O)NCCC(O)c2cccc(Cl)c2)c1. The van der Waals surface area contributed by atoms with Crippen LogP contribution in [-0.4, -0.2) is 17.6 Å². The molecule has 0 saturated heterocycles. The number of benzene rings is 2. The van der Waals surface area contributed by atoms with Crippen molar-refractivity contribution in [2.24, 2.45) is 0 Å². The van der Waals surface area contributed by atoms with Crippen LogP contribution in [0.4, 0.5) is 0 Å². The molecule has 5 heteroatoms. The van der Waals surface area contributed by atoms with Gasteiger partial charge in [0.1, 0.15) is 0 Å². The third-order valence-corrected chi connectivity index (χ3v) is 3.43. The lowest BCUT2D eigenvalue weighted by Crippen LogP contribution is -2.25. The Morgan fingerprint density at radius 1 is 1.27 bits per heavy atom. The highest BCUT2D eigenvalue weighted by Gasteiger charge is 2.10. The lowest BCUT2D eigenvalue weighted by atomic mass is 10.1. The zero-order valence-corrected chi connectivity index (χ0v) is 12.5. The number of aliphatic hydroxyl groups excluding tert-OH is 1. The fraction of sp³-hybridized carbons (Fsp3) is 0.176. The predicted molar refractivity (Wildman–Crippen MR) is 84.5 cm³/mol. The second-order valence-electron chi connectivity index (χ2n) is 4.81. The van der Waals surface area contributed by atoms with Crippen molar-refractivity contribution in [3.63, 3.8) is 0 Å². The summed E-state index contributed by atoms with van der Waals surface area (Å²) >= 11 is 5.87. The van der Waals surface area contributed by atoms with Gasteiger partial charge in [0, 0.05) is 17.1 Å². The van der Waals surface area contributed by atoms with E-state index in [0.717, 1.165) is 0 Å². The van der Waals surface area contributed by atoms with Gasteiger partial charge in [0.25, 0.3) is 5.91 Å². The molecule has 4 nitrogen and oxygen atoms in total. The van der Waals surface area contributed by atoms with Gasteiger partial charge >= 0.3 is 0 Å². The normalized spacial score (nSPS) is 11.5. The second-order valence-corrected chi connectivity index (χ2v) is 5.24. The van der Waals surface area contributed by atoms with Crippen LogP contribution in [0, 0.1) is 11.3 Å². The van der Waals surface area contributed by atoms with Crippen molar-refractivity contribution < 1.29 is 9.90 Å². The van der Waals surface area contributed by atoms with Crippen molar-refractivity contribution in [1.29, 1.82) is 5.26 Å². The van der Waals surface area contributed by atoms with Crippen molar-refractivity contribution >= 4 is 17.5 Å². The number of hydrogen-bond acceptors (Lipinski definition) is 3. The number of rotatable bonds is 5. The van der Waals surface area contributed by atoms with Crippen molar-refractivity contribution in [2.45, 2.75) is 12.5 Å². The number of halogens is 1. The molecule has 0 heterocycles. The molecule has 22 heavy (non-hydrogen) atoms. The van der Waals surface area contributed by atoms with Gasteiger partial charge in [0.15, 0.2) is 0 Å². The van der Waals surface area contributed by atoms with E-state index in [1.807, 2.05) is 6.07 Å². The van der Waals surface area contributed by atoms with E-state index in [9.17, 15) is 9.90 Å². The monoisotopic (exact) mass is 314 g/mol. The maximum Gasteiger partial charge on any atom is 0.251 e. The van der Waals surface area contributed by atoms with Crippen LogP contribution < -0.4 is 5.32 Å². The number of carbonyl (C=O) groups is 1. The summed E-state index contributed by atoms with van der Waals surface area (Å²) in [5.74, 6) is -0.268. The van der Waals surface area contributed by atoms with Gasteiger partial charge in [-0.3, -0.25) is 4.79 Å². The topological polar surface area (TPSA) is 73.1 Å². The average molecular weight is 315 g/mol. The molecular formula is C17H15ClN2O2. The van der Waals surface area contributed by atoms with Crippen molar-refractivity contribution in [2.75, 3.05) is 6.54 Å². The number of carbonyl (C=O) groups excluding carboxylic acids is 1. The maximum absolute atomic E-state index is 12.0. The van der Waals surface area contributed by atoms with Crippen LogP contribution in [0.25, 0.3) is 0 Å². The molecular weight excluding hydrogens is 300 g/mol. The molecule has 2 aromatic carbocycles. The molecule has 0 aromatic heterocycles. The van der Waals surface area contributed by atoms with Gasteiger partial charge in [0.05, 0.1) is 17.7 Å². The zero-order chi connectivity index (χ0) is 15.9. The molecule has 0 spiro atoms. The lowest BCUT2D eigenvalue weighted by Gasteiger charge is -2.12. The highest BCUT2D eigenvalue weighted by molar-refractivity contribution is 6.30. The number of amides is 1. The van der Waals surface area contributed by atoms with E-state index in [1.165, 1.54) is 6.07 Å². The maximum atomic E-state index is 12.0. The van der Waals surface area contributed by atoms with Crippen LogP contribution >= 0.6 is 11.6 Å². The Kier molecular flexibility index (Phi) is 5.54. The summed E-state index contributed by atoms with van der Waals surface area (Å²) in [7, 11) is 0. The van der Waals surface area contributed by atoms with E-state index in [-0.39, 0.29) is 5.91 Å². The first-order valence-corrected chi connectivity index (χ1v) is 7.20. The third-order valence-electron chi connectivity index (χ3n) is 3.19. The van der Waals surface area contributed by atoms with Gasteiger partial charge in [-0.25, -0.2) is 0 Å². The average Bonchev–Trinajstić information content (AvgIpc) is 2.54. The van der Waals surface area contributed by atoms with Crippen LogP contribution in [0.3, 0.4) is 0 Å². The molecule has 0 radical (unpaired) electrons. The van der Waals surface area contributed by atoms with Gasteiger partial charge in [0.2, 0.25) is 0 Å².